The van der Waals surface area contributed by atoms with Crippen LogP contribution in [0.5, 0.6) is 0 Å². The Kier molecular flexibility index (Phi) is 2.97. The molecule has 21 heavy (non-hydrogen) atoms. The second-order valence-corrected chi connectivity index (χ2v) is 8.98. The first-order valence-electron chi connectivity index (χ1n) is 8.88. The third-order valence-corrected chi connectivity index (χ3v) is 7.50. The summed E-state index contributed by atoms with van der Waals surface area (Å²) in [6.07, 6.45) is 12.5. The van der Waals surface area contributed by atoms with Crippen LogP contribution in [0.1, 0.15) is 70.6 Å². The molecule has 2 nitrogen and oxygen atoms in total. The zero-order valence-corrected chi connectivity index (χ0v) is 13.0. The maximum atomic E-state index is 14.0. The van der Waals surface area contributed by atoms with Crippen LogP contribution in [0.2, 0.25) is 0 Å². The van der Waals surface area contributed by atoms with Gasteiger partial charge < -0.3 is 5.73 Å². The molecule has 2 N–H and O–H groups in total. The number of rotatable bonds is 3. The molecule has 5 aliphatic rings. The molecule has 0 aromatic carbocycles. The van der Waals surface area contributed by atoms with Crippen LogP contribution >= 0.6 is 0 Å². The van der Waals surface area contributed by atoms with E-state index in [1.165, 1.54) is 38.5 Å². The van der Waals surface area contributed by atoms with E-state index in [0.29, 0.717) is 5.92 Å². The summed E-state index contributed by atoms with van der Waals surface area (Å²) in [6, 6.07) is 0. The van der Waals surface area contributed by atoms with Gasteiger partial charge in [0.2, 0.25) is 5.91 Å². The Balaban J connectivity index is 1.73. The Morgan fingerprint density at radius 3 is 2.48 bits per heavy atom. The van der Waals surface area contributed by atoms with Crippen LogP contribution in [0, 0.1) is 28.1 Å². The number of nitrogens with two attached hydrogens (primary N) is 1. The lowest BCUT2D eigenvalue weighted by Crippen LogP contribution is -2.63. The van der Waals surface area contributed by atoms with Gasteiger partial charge in [-0.05, 0) is 68.6 Å². The van der Waals surface area contributed by atoms with Crippen molar-refractivity contribution >= 4 is 5.91 Å². The Morgan fingerprint density at radius 2 is 1.81 bits per heavy atom. The second-order valence-electron chi connectivity index (χ2n) is 8.98. The van der Waals surface area contributed by atoms with Crippen molar-refractivity contribution in [3.05, 3.63) is 0 Å². The summed E-state index contributed by atoms with van der Waals surface area (Å²) in [5.74, 6) is 1.13. The third kappa shape index (κ3) is 1.91. The molecule has 5 rings (SSSR count). The van der Waals surface area contributed by atoms with Crippen LogP contribution in [0.3, 0.4) is 0 Å². The van der Waals surface area contributed by atoms with Gasteiger partial charge in [-0.2, -0.15) is 0 Å². The van der Waals surface area contributed by atoms with Gasteiger partial charge in [-0.1, -0.05) is 19.3 Å². The highest BCUT2D eigenvalue weighted by molar-refractivity contribution is 5.81. The smallest absolute Gasteiger partial charge is 0.223 e. The van der Waals surface area contributed by atoms with E-state index in [1.54, 1.807) is 0 Å². The van der Waals surface area contributed by atoms with Crippen LogP contribution in [0.15, 0.2) is 0 Å². The van der Waals surface area contributed by atoms with E-state index in [9.17, 15) is 9.18 Å². The summed E-state index contributed by atoms with van der Waals surface area (Å²) in [5, 5.41) is 0. The van der Waals surface area contributed by atoms with E-state index in [-0.39, 0.29) is 28.8 Å². The molecule has 1 amide bonds. The number of carbonyl (C=O) groups is 1. The molecule has 3 heteroatoms. The molecule has 0 aromatic heterocycles. The second kappa shape index (κ2) is 4.45. The molecule has 5 aliphatic carbocycles. The molecule has 0 aliphatic heterocycles. The summed E-state index contributed by atoms with van der Waals surface area (Å²) in [7, 11) is 0. The Bertz CT molecular complexity index is 460. The van der Waals surface area contributed by atoms with Crippen LogP contribution in [0.4, 0.5) is 4.39 Å². The van der Waals surface area contributed by atoms with E-state index < -0.39 is 0 Å². The van der Waals surface area contributed by atoms with Crippen LogP contribution in [-0.2, 0) is 4.79 Å². The summed E-state index contributed by atoms with van der Waals surface area (Å²) in [4.78, 5) is 12.2. The van der Waals surface area contributed by atoms with Gasteiger partial charge in [-0.25, -0.2) is 0 Å². The quantitative estimate of drug-likeness (QED) is 0.840. The van der Waals surface area contributed by atoms with Gasteiger partial charge in [-0.15, -0.1) is 0 Å². The van der Waals surface area contributed by atoms with Crippen LogP contribution in [-0.4, -0.2) is 12.6 Å². The number of amides is 1. The summed E-state index contributed by atoms with van der Waals surface area (Å²) < 4.78 is 14.0. The number of hydrogen-bond donors (Lipinski definition) is 1. The highest BCUT2D eigenvalue weighted by atomic mass is 19.1. The molecule has 5 saturated carbocycles. The molecule has 5 fully saturated rings. The zero-order valence-electron chi connectivity index (χ0n) is 13.0. The van der Waals surface area contributed by atoms with E-state index in [2.05, 4.69) is 0 Å². The molecular formula is C18H28FNO. The molecule has 4 unspecified atom stereocenters. The first-order chi connectivity index (χ1) is 10.0. The largest absolute Gasteiger partial charge is 0.369 e. The maximum Gasteiger partial charge on any atom is 0.223 e. The Labute approximate surface area is 127 Å². The predicted molar refractivity (Wildman–Crippen MR) is 80.2 cm³/mol. The fourth-order valence-electron chi connectivity index (χ4n) is 7.31. The van der Waals surface area contributed by atoms with Gasteiger partial charge in [-0.3, -0.25) is 9.18 Å². The summed E-state index contributed by atoms with van der Waals surface area (Å²) >= 11 is 0. The Hall–Kier alpha value is -0.600. The predicted octanol–water partition coefficient (Wildman–Crippen LogP) is 3.98. The zero-order chi connectivity index (χ0) is 14.7. The SMILES string of the molecule is NC(=O)C12CC3CC(CF)(C1)CC(C1CCCCC1)(C3)C2. The highest BCUT2D eigenvalue weighted by Crippen LogP contribution is 2.72. The van der Waals surface area contributed by atoms with E-state index in [0.717, 1.165) is 38.0 Å². The van der Waals surface area contributed by atoms with Crippen molar-refractivity contribution in [1.82, 2.24) is 0 Å². The Morgan fingerprint density at radius 1 is 1.05 bits per heavy atom. The average molecular weight is 293 g/mol. The van der Waals surface area contributed by atoms with Gasteiger partial charge in [0, 0.05) is 5.41 Å². The van der Waals surface area contributed by atoms with Gasteiger partial charge in [0.05, 0.1) is 12.1 Å². The minimum absolute atomic E-state index is 0.135. The monoisotopic (exact) mass is 293 g/mol. The topological polar surface area (TPSA) is 43.1 Å². The third-order valence-electron chi connectivity index (χ3n) is 7.50. The molecule has 0 heterocycles. The van der Waals surface area contributed by atoms with Gasteiger partial charge >= 0.3 is 0 Å². The number of halogens is 1. The normalized spacial score (nSPS) is 49.5. The fraction of sp³-hybridized carbons (Fsp3) is 0.944. The molecule has 0 radical (unpaired) electrons. The van der Waals surface area contributed by atoms with Crippen molar-refractivity contribution < 1.29 is 9.18 Å². The number of primary amides is 1. The van der Waals surface area contributed by atoms with Crippen LogP contribution < -0.4 is 5.73 Å². The average Bonchev–Trinajstić information content (AvgIpc) is 2.47. The number of alkyl halides is 1. The molecule has 0 aromatic rings. The van der Waals surface area contributed by atoms with Crippen LogP contribution in [0.25, 0.3) is 0 Å². The molecule has 4 bridgehead atoms. The van der Waals surface area contributed by atoms with Crippen molar-refractivity contribution in [2.24, 2.45) is 33.8 Å². The minimum Gasteiger partial charge on any atom is -0.369 e. The lowest BCUT2D eigenvalue weighted by atomic mass is 9.37. The minimum atomic E-state index is -0.372. The van der Waals surface area contributed by atoms with Crippen molar-refractivity contribution in [3.63, 3.8) is 0 Å². The molecule has 0 spiro atoms. The van der Waals surface area contributed by atoms with E-state index in [4.69, 9.17) is 5.73 Å². The van der Waals surface area contributed by atoms with E-state index >= 15 is 0 Å². The molecule has 4 atom stereocenters. The number of hydrogen-bond acceptors (Lipinski definition) is 1. The summed E-state index contributed by atoms with van der Waals surface area (Å²) in [5.41, 5.74) is 5.48. The van der Waals surface area contributed by atoms with E-state index in [1.807, 2.05) is 0 Å². The first kappa shape index (κ1) is 14.0. The van der Waals surface area contributed by atoms with Gasteiger partial charge in [0.15, 0.2) is 0 Å². The highest BCUT2D eigenvalue weighted by Gasteiger charge is 2.66. The maximum absolute atomic E-state index is 14.0. The van der Waals surface area contributed by atoms with Crippen molar-refractivity contribution in [1.29, 1.82) is 0 Å². The van der Waals surface area contributed by atoms with Gasteiger partial charge in [0.1, 0.15) is 0 Å². The first-order valence-corrected chi connectivity index (χ1v) is 8.88. The molecule has 118 valence electrons. The standard InChI is InChI=1S/C18H28FNO/c19-12-16-6-13-7-17(9-16,14-4-2-1-3-5-14)11-18(8-13,10-16)15(20)21/h13-14H,1-12H2,(H2,20,21). The molecular weight excluding hydrogens is 265 g/mol. The lowest BCUT2D eigenvalue weighted by molar-refractivity contribution is -0.193. The van der Waals surface area contributed by atoms with Crippen molar-refractivity contribution in [2.45, 2.75) is 70.6 Å². The van der Waals surface area contributed by atoms with Crippen molar-refractivity contribution in [2.75, 3.05) is 6.67 Å². The fourth-order valence-corrected chi connectivity index (χ4v) is 7.31. The molecule has 0 saturated heterocycles. The number of carbonyl (C=O) groups excluding carboxylic acids is 1. The lowest BCUT2D eigenvalue weighted by Gasteiger charge is -2.67. The van der Waals surface area contributed by atoms with Crippen molar-refractivity contribution in [3.8, 4) is 0 Å². The van der Waals surface area contributed by atoms with Gasteiger partial charge in [0.25, 0.3) is 0 Å². The summed E-state index contributed by atoms with van der Waals surface area (Å²) in [6.45, 7) is -0.243.